The molecule has 1 aliphatic rings. The van der Waals surface area contributed by atoms with E-state index in [-0.39, 0.29) is 11.2 Å². The molecule has 2 heterocycles. The molecule has 0 saturated heterocycles. The van der Waals surface area contributed by atoms with E-state index >= 15 is 0 Å². The standard InChI is InChI=1S/C29H27FO5/c1-3-5-20-14-23-26(16-25(20)34-17-19-6-9-22(30)10-7-19)35-18(2)28(29(23)31)21-8-11-24-27(15-21)33-13-4-12-32-24/h6-11,14-16H,3-5,12-13,17H2,1-2H3. The number of ether oxygens (including phenoxy) is 3. The van der Waals surface area contributed by atoms with Gasteiger partial charge in [0.2, 0.25) is 5.43 Å². The Morgan fingerprint density at radius 1 is 0.971 bits per heavy atom. The lowest BCUT2D eigenvalue weighted by Crippen LogP contribution is -2.09. The summed E-state index contributed by atoms with van der Waals surface area (Å²) in [5.41, 5.74) is 3.41. The van der Waals surface area contributed by atoms with Crippen molar-refractivity contribution in [3.63, 3.8) is 0 Å². The summed E-state index contributed by atoms with van der Waals surface area (Å²) in [6, 6.07) is 15.4. The van der Waals surface area contributed by atoms with E-state index < -0.39 is 0 Å². The third-order valence-corrected chi connectivity index (χ3v) is 6.11. The van der Waals surface area contributed by atoms with Gasteiger partial charge in [-0.1, -0.05) is 31.5 Å². The summed E-state index contributed by atoms with van der Waals surface area (Å²) in [4.78, 5) is 13.7. The third kappa shape index (κ3) is 4.74. The van der Waals surface area contributed by atoms with Crippen LogP contribution in [0.4, 0.5) is 4.39 Å². The van der Waals surface area contributed by atoms with Gasteiger partial charge < -0.3 is 18.6 Å². The second kappa shape index (κ2) is 9.82. The summed E-state index contributed by atoms with van der Waals surface area (Å²) in [5, 5.41) is 0.510. The van der Waals surface area contributed by atoms with Crippen molar-refractivity contribution in [1.82, 2.24) is 0 Å². The van der Waals surface area contributed by atoms with Crippen LogP contribution >= 0.6 is 0 Å². The molecule has 180 valence electrons. The van der Waals surface area contributed by atoms with E-state index in [1.54, 1.807) is 25.1 Å². The topological polar surface area (TPSA) is 57.9 Å². The minimum atomic E-state index is -0.284. The number of rotatable bonds is 6. The van der Waals surface area contributed by atoms with Crippen molar-refractivity contribution in [2.45, 2.75) is 39.7 Å². The van der Waals surface area contributed by atoms with E-state index in [9.17, 15) is 9.18 Å². The molecule has 0 atom stereocenters. The van der Waals surface area contributed by atoms with Crippen LogP contribution in [0, 0.1) is 12.7 Å². The van der Waals surface area contributed by atoms with Gasteiger partial charge in [-0.05, 0) is 60.4 Å². The molecular weight excluding hydrogens is 447 g/mol. The highest BCUT2D eigenvalue weighted by atomic mass is 19.1. The lowest BCUT2D eigenvalue weighted by Gasteiger charge is -2.14. The van der Waals surface area contributed by atoms with E-state index in [0.717, 1.165) is 36.0 Å². The highest BCUT2D eigenvalue weighted by Crippen LogP contribution is 2.36. The van der Waals surface area contributed by atoms with Gasteiger partial charge in [0, 0.05) is 12.5 Å². The van der Waals surface area contributed by atoms with Gasteiger partial charge in [0.15, 0.2) is 11.5 Å². The average molecular weight is 475 g/mol. The molecule has 0 amide bonds. The Kier molecular flexibility index (Phi) is 6.45. The minimum Gasteiger partial charge on any atom is -0.490 e. The van der Waals surface area contributed by atoms with Crippen LogP contribution < -0.4 is 19.6 Å². The Morgan fingerprint density at radius 2 is 1.74 bits per heavy atom. The van der Waals surface area contributed by atoms with Crippen LogP contribution in [-0.4, -0.2) is 13.2 Å². The summed E-state index contributed by atoms with van der Waals surface area (Å²) in [6.45, 7) is 5.34. The summed E-state index contributed by atoms with van der Waals surface area (Å²) in [5.74, 6) is 2.21. The molecule has 35 heavy (non-hydrogen) atoms. The maximum Gasteiger partial charge on any atom is 0.200 e. The van der Waals surface area contributed by atoms with E-state index in [1.807, 2.05) is 24.3 Å². The zero-order valence-electron chi connectivity index (χ0n) is 19.9. The fourth-order valence-electron chi connectivity index (χ4n) is 4.37. The van der Waals surface area contributed by atoms with Crippen molar-refractivity contribution < 1.29 is 23.0 Å². The maximum atomic E-state index is 13.7. The number of aryl methyl sites for hydroxylation is 2. The maximum absolute atomic E-state index is 13.7. The molecule has 0 spiro atoms. The molecule has 0 unspecified atom stereocenters. The Labute approximate surface area is 203 Å². The molecular formula is C29H27FO5. The molecule has 1 aromatic heterocycles. The molecule has 4 aromatic rings. The first-order chi connectivity index (χ1) is 17.0. The van der Waals surface area contributed by atoms with Gasteiger partial charge in [-0.15, -0.1) is 0 Å². The van der Waals surface area contributed by atoms with Crippen LogP contribution in [0.5, 0.6) is 17.2 Å². The van der Waals surface area contributed by atoms with Crippen molar-refractivity contribution in [3.05, 3.63) is 87.5 Å². The van der Waals surface area contributed by atoms with Crippen molar-refractivity contribution in [1.29, 1.82) is 0 Å². The van der Waals surface area contributed by atoms with Crippen LogP contribution in [-0.2, 0) is 13.0 Å². The number of hydrogen-bond donors (Lipinski definition) is 0. The van der Waals surface area contributed by atoms with Gasteiger partial charge in [0.05, 0.1) is 24.2 Å². The Hall–Kier alpha value is -3.80. The number of halogens is 1. The second-order valence-electron chi connectivity index (χ2n) is 8.70. The molecule has 6 heteroatoms. The average Bonchev–Trinajstić information content (AvgIpc) is 3.09. The SMILES string of the molecule is CCCc1cc2c(=O)c(-c3ccc4c(c3)OCCCO4)c(C)oc2cc1OCc1ccc(F)cc1. The first kappa shape index (κ1) is 23.0. The quantitative estimate of drug-likeness (QED) is 0.315. The predicted molar refractivity (Wildman–Crippen MR) is 133 cm³/mol. The number of benzene rings is 3. The molecule has 5 rings (SSSR count). The number of hydrogen-bond acceptors (Lipinski definition) is 5. The van der Waals surface area contributed by atoms with Gasteiger partial charge in [-0.25, -0.2) is 4.39 Å². The lowest BCUT2D eigenvalue weighted by molar-refractivity contribution is 0.297. The molecule has 3 aromatic carbocycles. The third-order valence-electron chi connectivity index (χ3n) is 6.11. The largest absolute Gasteiger partial charge is 0.490 e. The van der Waals surface area contributed by atoms with E-state index in [4.69, 9.17) is 18.6 Å². The van der Waals surface area contributed by atoms with Gasteiger partial charge in [0.25, 0.3) is 0 Å². The predicted octanol–water partition coefficient (Wildman–Crippen LogP) is 6.60. The summed E-state index contributed by atoms with van der Waals surface area (Å²) < 4.78 is 37.0. The van der Waals surface area contributed by atoms with Gasteiger partial charge >= 0.3 is 0 Å². The van der Waals surface area contributed by atoms with Gasteiger partial charge in [-0.3, -0.25) is 4.79 Å². The molecule has 0 bridgehead atoms. The van der Waals surface area contributed by atoms with Crippen molar-refractivity contribution in [3.8, 4) is 28.4 Å². The zero-order valence-corrected chi connectivity index (χ0v) is 19.9. The Morgan fingerprint density at radius 3 is 2.51 bits per heavy atom. The summed E-state index contributed by atoms with van der Waals surface area (Å²) in [7, 11) is 0. The molecule has 0 aliphatic carbocycles. The molecule has 0 fully saturated rings. The van der Waals surface area contributed by atoms with Crippen LogP contribution in [0.1, 0.15) is 36.7 Å². The first-order valence-electron chi connectivity index (χ1n) is 11.9. The molecule has 1 aliphatic heterocycles. The Balaban J connectivity index is 1.55. The summed E-state index contributed by atoms with van der Waals surface area (Å²) in [6.07, 6.45) is 2.46. The monoisotopic (exact) mass is 474 g/mol. The van der Waals surface area contributed by atoms with Crippen LogP contribution in [0.25, 0.3) is 22.1 Å². The highest BCUT2D eigenvalue weighted by Gasteiger charge is 2.19. The lowest BCUT2D eigenvalue weighted by atomic mass is 10.00. The molecule has 0 radical (unpaired) electrons. The van der Waals surface area contributed by atoms with Crippen LogP contribution in [0.15, 0.2) is 63.8 Å². The summed E-state index contributed by atoms with van der Waals surface area (Å²) >= 11 is 0. The highest BCUT2D eigenvalue weighted by molar-refractivity contribution is 5.85. The van der Waals surface area contributed by atoms with Gasteiger partial charge in [0.1, 0.15) is 29.5 Å². The molecule has 0 N–H and O–H groups in total. The fourth-order valence-corrected chi connectivity index (χ4v) is 4.37. The minimum absolute atomic E-state index is 0.0966. The smallest absolute Gasteiger partial charge is 0.200 e. The Bertz CT molecular complexity index is 1420. The van der Waals surface area contributed by atoms with E-state index in [0.29, 0.717) is 59.4 Å². The normalized spacial score (nSPS) is 13.0. The van der Waals surface area contributed by atoms with E-state index in [2.05, 4.69) is 6.92 Å². The number of fused-ring (bicyclic) bond motifs is 2. The van der Waals surface area contributed by atoms with Crippen molar-refractivity contribution in [2.24, 2.45) is 0 Å². The van der Waals surface area contributed by atoms with Crippen molar-refractivity contribution in [2.75, 3.05) is 13.2 Å². The molecule has 0 saturated carbocycles. The zero-order chi connectivity index (χ0) is 24.4. The van der Waals surface area contributed by atoms with Gasteiger partial charge in [-0.2, -0.15) is 0 Å². The molecule has 5 nitrogen and oxygen atoms in total. The van der Waals surface area contributed by atoms with E-state index in [1.165, 1.54) is 12.1 Å². The van der Waals surface area contributed by atoms with Crippen LogP contribution in [0.2, 0.25) is 0 Å². The van der Waals surface area contributed by atoms with Crippen LogP contribution in [0.3, 0.4) is 0 Å². The first-order valence-corrected chi connectivity index (χ1v) is 11.9. The second-order valence-corrected chi connectivity index (χ2v) is 8.70. The van der Waals surface area contributed by atoms with Crippen molar-refractivity contribution >= 4 is 11.0 Å². The fraction of sp³-hybridized carbons (Fsp3) is 0.276.